The van der Waals surface area contributed by atoms with Crippen LogP contribution in [0.3, 0.4) is 0 Å². The maximum Gasteiger partial charge on any atom is 0.352 e. The number of ether oxygens (including phenoxy) is 3. The summed E-state index contributed by atoms with van der Waals surface area (Å²) in [6, 6.07) is 19.6. The van der Waals surface area contributed by atoms with Crippen LogP contribution in [0.15, 0.2) is 54.6 Å². The first kappa shape index (κ1) is 88.4. The molecule has 0 atom stereocenters. The van der Waals surface area contributed by atoms with Crippen LogP contribution in [0.2, 0.25) is 19.1 Å². The van der Waals surface area contributed by atoms with Crippen LogP contribution in [0, 0.1) is 0 Å². The molecule has 0 aliphatic rings. The number of benzene rings is 2. The van der Waals surface area contributed by atoms with E-state index in [0.29, 0.717) is 13.0 Å². The molecule has 0 fully saturated rings. The Morgan fingerprint density at radius 3 is 1.46 bits per heavy atom. The number of esters is 1. The lowest BCUT2D eigenvalue weighted by Gasteiger charge is -2.24. The molecule has 2 rings (SSSR count). The van der Waals surface area contributed by atoms with Crippen LogP contribution in [0.5, 0.6) is 0 Å². The van der Waals surface area contributed by atoms with Crippen LogP contribution in [0.25, 0.3) is 0 Å². The van der Waals surface area contributed by atoms with Crippen LogP contribution in [0.1, 0.15) is 209 Å². The predicted octanol–water partition coefficient (Wildman–Crippen LogP) is 15.9. The fraction of sp³-hybridized carbons (Fsp3) is 0.721. The fourth-order valence-corrected chi connectivity index (χ4v) is 8.14. The van der Waals surface area contributed by atoms with Crippen LogP contribution in [0.4, 0.5) is 20.2 Å². The van der Waals surface area contributed by atoms with E-state index in [1.54, 1.807) is 30.6 Å². The molecule has 0 unspecified atom stereocenters. The van der Waals surface area contributed by atoms with Crippen molar-refractivity contribution in [2.75, 3.05) is 70.0 Å². The zero-order chi connectivity index (χ0) is 58.4. The number of halogens is 2. The summed E-state index contributed by atoms with van der Waals surface area (Å²) >= 11 is 0. The Hall–Kier alpha value is -4.21. The van der Waals surface area contributed by atoms with Crippen LogP contribution in [-0.4, -0.2) is 109 Å². The first-order chi connectivity index (χ1) is 34.7. The van der Waals surface area contributed by atoms with E-state index in [4.69, 9.17) is 4.74 Å². The fourth-order valence-electron chi connectivity index (χ4n) is 5.52. The smallest absolute Gasteiger partial charge is 0.352 e. The third kappa shape index (κ3) is 65.9. The van der Waals surface area contributed by atoms with Crippen LogP contribution < -0.4 is 20.3 Å². The van der Waals surface area contributed by atoms with Crippen molar-refractivity contribution in [1.29, 1.82) is 0 Å². The van der Waals surface area contributed by atoms with Crippen molar-refractivity contribution in [3.63, 3.8) is 0 Å². The van der Waals surface area contributed by atoms with Crippen LogP contribution in [-0.2, 0) is 38.2 Å². The first-order valence-electron chi connectivity index (χ1n) is 27.6. The summed E-state index contributed by atoms with van der Waals surface area (Å²) < 4.78 is 37.4. The summed E-state index contributed by atoms with van der Waals surface area (Å²) in [7, 11) is 2.33. The number of hydrogen-bond acceptors (Lipinski definition) is 8. The van der Waals surface area contributed by atoms with E-state index in [-0.39, 0.29) is 51.1 Å². The molecular weight excluding hydrogens is 983 g/mol. The Bertz CT molecular complexity index is 1580. The zero-order valence-corrected chi connectivity index (χ0v) is 51.9. The number of para-hydroxylation sites is 1. The number of nitrogens with zero attached hydrogens (tertiary/aromatic N) is 3. The normalized spacial score (nSPS) is 9.66. The van der Waals surface area contributed by atoms with Gasteiger partial charge in [-0.2, -0.15) is 8.78 Å². The van der Waals surface area contributed by atoms with Gasteiger partial charge in [-0.25, -0.2) is 0 Å². The second-order valence-electron chi connectivity index (χ2n) is 18.4. The van der Waals surface area contributed by atoms with Crippen molar-refractivity contribution >= 4 is 54.2 Å². The SMILES string of the molecule is C.C.CCC.CCCCN(C(C)=O)c1ccccc1.CCCCN(C)C(C)=O.CCCCNC(C)=O.CCCCOC(C)(F)F.CCCCOC(C)=O.CCCOCC.CCC[Si](C)(C)c1cccc(N(C)C(C)=O)c1. The zero-order valence-electron chi connectivity index (χ0n) is 50.9. The van der Waals surface area contributed by atoms with E-state index in [1.165, 1.54) is 37.9 Å². The van der Waals surface area contributed by atoms with Gasteiger partial charge in [0.25, 0.3) is 0 Å². The van der Waals surface area contributed by atoms with E-state index in [1.807, 2.05) is 69.2 Å². The average Bonchev–Trinajstić information content (AvgIpc) is 3.34. The molecule has 2 aromatic carbocycles. The topological polar surface area (TPSA) is 135 Å². The molecule has 0 saturated heterocycles. The first-order valence-corrected chi connectivity index (χ1v) is 30.8. The number of unbranched alkanes of at least 4 members (excludes halogenated alkanes) is 5. The Morgan fingerprint density at radius 2 is 1.08 bits per heavy atom. The largest absolute Gasteiger partial charge is 0.466 e. The number of alkyl halides is 2. The summed E-state index contributed by atoms with van der Waals surface area (Å²) in [6.07, 6.45) is 10.9. The lowest BCUT2D eigenvalue weighted by atomic mass is 10.2. The molecule has 0 heterocycles. The van der Waals surface area contributed by atoms with E-state index in [9.17, 15) is 32.8 Å². The van der Waals surface area contributed by atoms with Crippen LogP contribution >= 0.6 is 0 Å². The molecular formula is C61H120F2N4O8Si. The molecule has 15 heteroatoms. The molecule has 2 aromatic rings. The maximum absolute atomic E-state index is 11.8. The Labute approximate surface area is 468 Å². The highest BCUT2D eigenvalue weighted by Crippen LogP contribution is 2.18. The highest BCUT2D eigenvalue weighted by molar-refractivity contribution is 6.89. The molecule has 450 valence electrons. The lowest BCUT2D eigenvalue weighted by Crippen LogP contribution is -2.41. The van der Waals surface area contributed by atoms with E-state index in [2.05, 4.69) is 101 Å². The average molecular weight is 1100 g/mol. The van der Waals surface area contributed by atoms with Crippen molar-refractivity contribution in [1.82, 2.24) is 10.2 Å². The Balaban J connectivity index is -0.000000120. The van der Waals surface area contributed by atoms with Gasteiger partial charge in [0.05, 0.1) is 21.3 Å². The van der Waals surface area contributed by atoms with Crippen molar-refractivity contribution in [3.05, 3.63) is 54.6 Å². The molecule has 12 nitrogen and oxygen atoms in total. The van der Waals surface area contributed by atoms with Gasteiger partial charge in [-0.3, -0.25) is 24.0 Å². The van der Waals surface area contributed by atoms with Gasteiger partial charge in [0.15, 0.2) is 0 Å². The molecule has 0 aliphatic heterocycles. The van der Waals surface area contributed by atoms with E-state index < -0.39 is 14.2 Å². The lowest BCUT2D eigenvalue weighted by molar-refractivity contribution is -0.224. The quantitative estimate of drug-likeness (QED) is 0.0624. The summed E-state index contributed by atoms with van der Waals surface area (Å²) in [5.74, 6) is 0.238. The van der Waals surface area contributed by atoms with Gasteiger partial charge in [-0.1, -0.05) is 177 Å². The van der Waals surface area contributed by atoms with Gasteiger partial charge in [0.1, 0.15) is 0 Å². The molecule has 0 radical (unpaired) electrons. The minimum atomic E-state index is -2.95. The highest BCUT2D eigenvalue weighted by Gasteiger charge is 2.23. The van der Waals surface area contributed by atoms with Crippen molar-refractivity contribution in [2.45, 2.75) is 234 Å². The van der Waals surface area contributed by atoms with Crippen molar-refractivity contribution < 1.29 is 47.0 Å². The number of carbonyl (C=O) groups is 5. The number of nitrogens with one attached hydrogen (secondary N) is 1. The summed E-state index contributed by atoms with van der Waals surface area (Å²) in [4.78, 5) is 58.9. The van der Waals surface area contributed by atoms with Gasteiger partial charge >= 0.3 is 12.1 Å². The van der Waals surface area contributed by atoms with Crippen molar-refractivity contribution in [3.8, 4) is 0 Å². The molecule has 0 spiro atoms. The summed E-state index contributed by atoms with van der Waals surface area (Å²) in [5, 5.41) is 4.14. The molecule has 0 bridgehead atoms. The molecule has 0 aromatic heterocycles. The summed E-state index contributed by atoms with van der Waals surface area (Å²) in [5.41, 5.74) is 2.00. The second kappa shape index (κ2) is 61.6. The van der Waals surface area contributed by atoms with E-state index in [0.717, 1.165) is 115 Å². The molecule has 4 amide bonds. The standard InChI is InChI=1S/C14H23NOSi.C12H17NO.C7H15NO.C6H12F2O.C6H13NO.C6H12O2.C5H12O.C3H8.2CH4/c1-6-10-17(4,5)14-9-7-8-13(11-14)15(3)12(2)16;1-3-4-10-13(11(2)14)12-8-6-5-7-9-12;1-4-5-6-8(3)7(2)9;1-3-4-5-9-6(2,7)8;1-3-4-5-7-6(2)8;1-3-4-5-8-6(2)7;1-3-5-6-4-2;1-3-2;;/h7-9,11H,6,10H2,1-5H3;5-9H,3-4,10H2,1-2H3;4-6H2,1-3H3;3-5H2,1-2H3;3-5H2,1-2H3,(H,7,8);3-5H2,1-2H3;3-5H2,1-2H3;3H2,1-2H3;2*1H4. The van der Waals surface area contributed by atoms with Gasteiger partial charge in [-0.05, 0) is 69.7 Å². The monoisotopic (exact) mass is 1100 g/mol. The maximum atomic E-state index is 11.8. The minimum absolute atomic E-state index is 0. The van der Waals surface area contributed by atoms with Gasteiger partial charge in [0, 0.05) is 99.9 Å². The molecule has 0 aliphatic carbocycles. The summed E-state index contributed by atoms with van der Waals surface area (Å²) in [6.45, 7) is 39.3. The number of rotatable bonds is 24. The molecule has 1 N–H and O–H groups in total. The predicted molar refractivity (Wildman–Crippen MR) is 328 cm³/mol. The minimum Gasteiger partial charge on any atom is -0.466 e. The second-order valence-corrected chi connectivity index (χ2v) is 23.2. The molecule has 76 heavy (non-hydrogen) atoms. The van der Waals surface area contributed by atoms with Gasteiger partial charge in [-0.15, -0.1) is 0 Å². The third-order valence-corrected chi connectivity index (χ3v) is 13.7. The van der Waals surface area contributed by atoms with Gasteiger partial charge in [0.2, 0.25) is 23.6 Å². The number of anilines is 2. The van der Waals surface area contributed by atoms with Gasteiger partial charge < -0.3 is 34.2 Å². The van der Waals surface area contributed by atoms with E-state index >= 15 is 0 Å². The Morgan fingerprint density at radius 1 is 0.592 bits per heavy atom. The Kier molecular flexibility index (Phi) is 71.7. The number of carbonyl (C=O) groups excluding carboxylic acids is 5. The third-order valence-electron chi connectivity index (χ3n) is 10.0. The highest BCUT2D eigenvalue weighted by atomic mass is 28.3. The number of hydrogen-bond donors (Lipinski definition) is 1. The number of amides is 4. The van der Waals surface area contributed by atoms with Crippen molar-refractivity contribution in [2.24, 2.45) is 0 Å². The molecule has 0 saturated carbocycles.